The zero-order valence-electron chi connectivity index (χ0n) is 9.29. The van der Waals surface area contributed by atoms with Crippen LogP contribution in [0.3, 0.4) is 0 Å². The lowest BCUT2D eigenvalue weighted by Gasteiger charge is -2.19. The molecule has 0 saturated carbocycles. The number of hydrogen-bond acceptors (Lipinski definition) is 2. The smallest absolute Gasteiger partial charge is 0.127 e. The fraction of sp³-hybridized carbons (Fsp3) is 0.500. The Balaban J connectivity index is 0.00000128. The molecule has 1 aliphatic heterocycles. The molecule has 0 radical (unpaired) electrons. The molecule has 1 fully saturated rings. The molecule has 16 heavy (non-hydrogen) atoms. The van der Waals surface area contributed by atoms with Gasteiger partial charge in [0, 0.05) is 25.2 Å². The molecule has 90 valence electrons. The lowest BCUT2D eigenvalue weighted by molar-refractivity contribution is 0.280. The lowest BCUT2D eigenvalue weighted by Crippen LogP contribution is -2.27. The van der Waals surface area contributed by atoms with Crippen molar-refractivity contribution in [2.75, 3.05) is 26.2 Å². The van der Waals surface area contributed by atoms with Crippen LogP contribution in [-0.2, 0) is 6.54 Å². The first-order valence-electron chi connectivity index (χ1n) is 5.53. The van der Waals surface area contributed by atoms with E-state index < -0.39 is 0 Å². The quantitative estimate of drug-likeness (QED) is 0.857. The minimum atomic E-state index is -0.0882. The van der Waals surface area contributed by atoms with Gasteiger partial charge in [-0.05, 0) is 25.6 Å². The second kappa shape index (κ2) is 6.84. The molecule has 2 nitrogen and oxygen atoms in total. The third-order valence-electron chi connectivity index (χ3n) is 2.78. The molecule has 1 aliphatic rings. The normalized spacial score (nSPS) is 17.6. The predicted octanol–water partition coefficient (Wildman–Crippen LogP) is 2.04. The first kappa shape index (κ1) is 13.4. The number of nitrogens with zero attached hydrogens (tertiary/aromatic N) is 1. The van der Waals surface area contributed by atoms with Gasteiger partial charge in [0.1, 0.15) is 5.82 Å². The van der Waals surface area contributed by atoms with Crippen LogP contribution in [0, 0.1) is 5.82 Å². The second-order valence-electron chi connectivity index (χ2n) is 3.97. The Bertz CT molecular complexity index is 312. The molecule has 0 atom stereocenters. The van der Waals surface area contributed by atoms with E-state index >= 15 is 0 Å². The van der Waals surface area contributed by atoms with Crippen LogP contribution in [0.2, 0.25) is 0 Å². The maximum atomic E-state index is 13.4. The van der Waals surface area contributed by atoms with E-state index in [9.17, 15) is 4.39 Å². The van der Waals surface area contributed by atoms with E-state index in [1.807, 2.05) is 12.1 Å². The Hall–Kier alpha value is -0.640. The number of rotatable bonds is 2. The van der Waals surface area contributed by atoms with E-state index in [4.69, 9.17) is 0 Å². The van der Waals surface area contributed by atoms with E-state index in [-0.39, 0.29) is 18.2 Å². The standard InChI is InChI=1S/C12H17FN2.ClH/c13-12-5-2-1-4-11(12)10-15-8-3-6-14-7-9-15;/h1-2,4-5,14H,3,6-10H2;1H. The second-order valence-corrected chi connectivity index (χ2v) is 3.97. The molecule has 1 saturated heterocycles. The highest BCUT2D eigenvalue weighted by molar-refractivity contribution is 5.85. The minimum absolute atomic E-state index is 0. The Morgan fingerprint density at radius 2 is 2.00 bits per heavy atom. The van der Waals surface area contributed by atoms with Gasteiger partial charge in [-0.25, -0.2) is 4.39 Å². The summed E-state index contributed by atoms with van der Waals surface area (Å²) in [6, 6.07) is 7.04. The molecule has 0 unspecified atom stereocenters. The average molecular weight is 245 g/mol. The lowest BCUT2D eigenvalue weighted by atomic mass is 10.2. The number of hydrogen-bond donors (Lipinski definition) is 1. The predicted molar refractivity (Wildman–Crippen MR) is 66.4 cm³/mol. The highest BCUT2D eigenvalue weighted by Gasteiger charge is 2.10. The SMILES string of the molecule is Cl.Fc1ccccc1CN1CCCNCC1. The van der Waals surface area contributed by atoms with Gasteiger partial charge in [-0.3, -0.25) is 4.90 Å². The van der Waals surface area contributed by atoms with Crippen molar-refractivity contribution in [1.29, 1.82) is 0 Å². The minimum Gasteiger partial charge on any atom is -0.315 e. The molecule has 1 aromatic rings. The molecular formula is C12H18ClFN2. The topological polar surface area (TPSA) is 15.3 Å². The molecule has 1 heterocycles. The van der Waals surface area contributed by atoms with Crippen LogP contribution in [0.15, 0.2) is 24.3 Å². The summed E-state index contributed by atoms with van der Waals surface area (Å²) in [6.45, 7) is 4.88. The molecule has 2 rings (SSSR count). The summed E-state index contributed by atoms with van der Waals surface area (Å²) in [4.78, 5) is 2.30. The van der Waals surface area contributed by atoms with Crippen molar-refractivity contribution < 1.29 is 4.39 Å². The summed E-state index contributed by atoms with van der Waals surface area (Å²) in [7, 11) is 0. The fourth-order valence-electron chi connectivity index (χ4n) is 1.93. The highest BCUT2D eigenvalue weighted by atomic mass is 35.5. The molecule has 0 spiro atoms. The Labute approximate surface area is 102 Å². The van der Waals surface area contributed by atoms with Gasteiger partial charge in [-0.15, -0.1) is 12.4 Å². The van der Waals surface area contributed by atoms with Crippen molar-refractivity contribution in [3.63, 3.8) is 0 Å². The summed E-state index contributed by atoms with van der Waals surface area (Å²) in [5.74, 6) is -0.0882. The van der Waals surface area contributed by atoms with Crippen molar-refractivity contribution in [2.24, 2.45) is 0 Å². The van der Waals surface area contributed by atoms with Crippen LogP contribution in [0.4, 0.5) is 4.39 Å². The Morgan fingerprint density at radius 3 is 2.81 bits per heavy atom. The van der Waals surface area contributed by atoms with Crippen LogP contribution in [0.1, 0.15) is 12.0 Å². The first-order chi connectivity index (χ1) is 7.36. The van der Waals surface area contributed by atoms with Crippen molar-refractivity contribution in [2.45, 2.75) is 13.0 Å². The Kier molecular flexibility index (Phi) is 5.74. The number of halogens is 2. The van der Waals surface area contributed by atoms with Crippen LogP contribution in [0.25, 0.3) is 0 Å². The molecule has 1 N–H and O–H groups in total. The summed E-state index contributed by atoms with van der Waals surface area (Å²) < 4.78 is 13.4. The van der Waals surface area contributed by atoms with Gasteiger partial charge >= 0.3 is 0 Å². The molecule has 0 bridgehead atoms. The van der Waals surface area contributed by atoms with Crippen LogP contribution in [0.5, 0.6) is 0 Å². The summed E-state index contributed by atoms with van der Waals surface area (Å²) >= 11 is 0. The number of benzene rings is 1. The van der Waals surface area contributed by atoms with E-state index in [1.165, 1.54) is 6.07 Å². The van der Waals surface area contributed by atoms with E-state index in [0.29, 0.717) is 0 Å². The Morgan fingerprint density at radius 1 is 1.19 bits per heavy atom. The largest absolute Gasteiger partial charge is 0.315 e. The van der Waals surface area contributed by atoms with Crippen molar-refractivity contribution >= 4 is 12.4 Å². The molecule has 1 aromatic carbocycles. The van der Waals surface area contributed by atoms with Gasteiger partial charge in [0.25, 0.3) is 0 Å². The maximum absolute atomic E-state index is 13.4. The van der Waals surface area contributed by atoms with E-state index in [0.717, 1.165) is 44.7 Å². The summed E-state index contributed by atoms with van der Waals surface area (Å²) in [5.41, 5.74) is 0.805. The third-order valence-corrected chi connectivity index (χ3v) is 2.78. The van der Waals surface area contributed by atoms with Crippen LogP contribution >= 0.6 is 12.4 Å². The highest BCUT2D eigenvalue weighted by Crippen LogP contribution is 2.10. The zero-order chi connectivity index (χ0) is 10.5. The average Bonchev–Trinajstić information content (AvgIpc) is 2.50. The van der Waals surface area contributed by atoms with Crippen LogP contribution < -0.4 is 5.32 Å². The molecule has 0 aliphatic carbocycles. The number of nitrogens with one attached hydrogen (secondary N) is 1. The van der Waals surface area contributed by atoms with Crippen molar-refractivity contribution in [1.82, 2.24) is 10.2 Å². The van der Waals surface area contributed by atoms with Gasteiger partial charge in [0.05, 0.1) is 0 Å². The summed E-state index contributed by atoms with van der Waals surface area (Å²) in [6.07, 6.45) is 1.15. The van der Waals surface area contributed by atoms with Gasteiger partial charge in [-0.2, -0.15) is 0 Å². The van der Waals surface area contributed by atoms with E-state index in [2.05, 4.69) is 10.2 Å². The maximum Gasteiger partial charge on any atom is 0.127 e. The zero-order valence-corrected chi connectivity index (χ0v) is 10.1. The van der Waals surface area contributed by atoms with Gasteiger partial charge in [0.15, 0.2) is 0 Å². The van der Waals surface area contributed by atoms with Gasteiger partial charge in [-0.1, -0.05) is 18.2 Å². The molecule has 0 amide bonds. The fourth-order valence-corrected chi connectivity index (χ4v) is 1.93. The molecule has 4 heteroatoms. The van der Waals surface area contributed by atoms with E-state index in [1.54, 1.807) is 6.07 Å². The van der Waals surface area contributed by atoms with Gasteiger partial charge < -0.3 is 5.32 Å². The van der Waals surface area contributed by atoms with Crippen LogP contribution in [-0.4, -0.2) is 31.1 Å². The van der Waals surface area contributed by atoms with Gasteiger partial charge in [0.2, 0.25) is 0 Å². The van der Waals surface area contributed by atoms with Crippen molar-refractivity contribution in [3.8, 4) is 0 Å². The summed E-state index contributed by atoms with van der Waals surface area (Å²) in [5, 5.41) is 3.34. The first-order valence-corrected chi connectivity index (χ1v) is 5.53. The molecule has 0 aromatic heterocycles. The molecular weight excluding hydrogens is 227 g/mol. The monoisotopic (exact) mass is 244 g/mol. The van der Waals surface area contributed by atoms with Crippen molar-refractivity contribution in [3.05, 3.63) is 35.6 Å². The third kappa shape index (κ3) is 3.74.